The van der Waals surface area contributed by atoms with Gasteiger partial charge >= 0.3 is 12.1 Å². The molecule has 9 heteroatoms. The molecule has 0 heterocycles. The van der Waals surface area contributed by atoms with Crippen molar-refractivity contribution in [2.45, 2.75) is 105 Å². The summed E-state index contributed by atoms with van der Waals surface area (Å²) in [5.74, 6) is -2.37. The molecule has 0 aromatic heterocycles. The zero-order valence-corrected chi connectivity index (χ0v) is 27.6. The second-order valence-electron chi connectivity index (χ2n) is 13.2. The zero-order chi connectivity index (χ0) is 33.4. The SMILES string of the molecule is C#CN(C(=O)C(NC(=O)OC(C)(C)C)C(C)C)C(C(=O)NC(Cc1ccccc1)C(=O)OC(C)(C)C)c1cccc(C)c1C. The first kappa shape index (κ1) is 35.9. The Bertz CT molecular complexity index is 1370. The van der Waals surface area contributed by atoms with Gasteiger partial charge in [-0.25, -0.2) is 9.59 Å². The third-order valence-electron chi connectivity index (χ3n) is 6.72. The average molecular weight is 606 g/mol. The van der Waals surface area contributed by atoms with E-state index in [0.29, 0.717) is 5.56 Å². The van der Waals surface area contributed by atoms with E-state index >= 15 is 0 Å². The minimum absolute atomic E-state index is 0.153. The first-order valence-electron chi connectivity index (χ1n) is 14.8. The molecule has 3 unspecified atom stereocenters. The van der Waals surface area contributed by atoms with Gasteiger partial charge in [-0.05, 0) is 83.6 Å². The normalized spacial score (nSPS) is 13.6. The van der Waals surface area contributed by atoms with Crippen LogP contribution in [-0.2, 0) is 30.3 Å². The Morgan fingerprint density at radius 2 is 1.45 bits per heavy atom. The summed E-state index contributed by atoms with van der Waals surface area (Å²) in [6.07, 6.45) is 5.31. The summed E-state index contributed by atoms with van der Waals surface area (Å²) in [5.41, 5.74) is 1.32. The van der Waals surface area contributed by atoms with Gasteiger partial charge in [0.25, 0.3) is 5.91 Å². The van der Waals surface area contributed by atoms with E-state index in [-0.39, 0.29) is 6.42 Å². The van der Waals surface area contributed by atoms with Gasteiger partial charge in [0.2, 0.25) is 5.91 Å². The van der Waals surface area contributed by atoms with E-state index in [9.17, 15) is 19.2 Å². The molecule has 2 N–H and O–H groups in total. The molecule has 0 fully saturated rings. The van der Waals surface area contributed by atoms with Gasteiger partial charge in [0.05, 0.1) is 0 Å². The lowest BCUT2D eigenvalue weighted by Gasteiger charge is -2.33. The van der Waals surface area contributed by atoms with Gasteiger partial charge in [0.1, 0.15) is 29.3 Å². The highest BCUT2D eigenvalue weighted by Gasteiger charge is 2.39. The van der Waals surface area contributed by atoms with Crippen molar-refractivity contribution in [2.24, 2.45) is 5.92 Å². The fraction of sp³-hybridized carbons (Fsp3) is 0.486. The molecule has 3 amide bonds. The molecule has 9 nitrogen and oxygen atoms in total. The van der Waals surface area contributed by atoms with Crippen molar-refractivity contribution in [3.8, 4) is 12.5 Å². The van der Waals surface area contributed by atoms with Crippen molar-refractivity contribution in [3.63, 3.8) is 0 Å². The van der Waals surface area contributed by atoms with Gasteiger partial charge < -0.3 is 20.1 Å². The van der Waals surface area contributed by atoms with Crippen LogP contribution in [0.4, 0.5) is 4.79 Å². The lowest BCUT2D eigenvalue weighted by molar-refractivity contribution is -0.159. The Hall–Kier alpha value is -4.32. The number of aryl methyl sites for hydroxylation is 1. The van der Waals surface area contributed by atoms with Crippen LogP contribution >= 0.6 is 0 Å². The molecular weight excluding hydrogens is 558 g/mol. The van der Waals surface area contributed by atoms with Crippen molar-refractivity contribution in [2.75, 3.05) is 0 Å². The topological polar surface area (TPSA) is 114 Å². The third kappa shape index (κ3) is 10.4. The molecule has 0 radical (unpaired) electrons. The molecule has 2 aromatic carbocycles. The second-order valence-corrected chi connectivity index (χ2v) is 13.2. The highest BCUT2D eigenvalue weighted by molar-refractivity contribution is 5.95. The highest BCUT2D eigenvalue weighted by Crippen LogP contribution is 2.28. The van der Waals surface area contributed by atoms with Crippen LogP contribution in [0.1, 0.15) is 83.7 Å². The van der Waals surface area contributed by atoms with Crippen molar-refractivity contribution >= 4 is 23.9 Å². The molecule has 2 aromatic rings. The predicted octanol–water partition coefficient (Wildman–Crippen LogP) is 5.38. The largest absolute Gasteiger partial charge is 0.458 e. The molecule has 0 saturated heterocycles. The van der Waals surface area contributed by atoms with E-state index < -0.39 is 59.1 Å². The Morgan fingerprint density at radius 3 is 1.98 bits per heavy atom. The first-order chi connectivity index (χ1) is 20.3. The van der Waals surface area contributed by atoms with Crippen molar-refractivity contribution < 1.29 is 28.7 Å². The molecule has 0 aliphatic heterocycles. The number of rotatable bonds is 10. The Morgan fingerprint density at radius 1 is 0.864 bits per heavy atom. The molecule has 2 rings (SSSR count). The van der Waals surface area contributed by atoms with Gasteiger partial charge in [-0.2, -0.15) is 0 Å². The maximum absolute atomic E-state index is 14.3. The van der Waals surface area contributed by atoms with Crippen LogP contribution in [-0.4, -0.2) is 52.1 Å². The monoisotopic (exact) mass is 605 g/mol. The van der Waals surface area contributed by atoms with Crippen LogP contribution in [0.25, 0.3) is 0 Å². The summed E-state index contributed by atoms with van der Waals surface area (Å²) in [5, 5.41) is 5.45. The minimum atomic E-state index is -1.32. The van der Waals surface area contributed by atoms with Crippen molar-refractivity contribution in [1.82, 2.24) is 15.5 Å². The molecule has 238 valence electrons. The number of terminal acetylenes is 1. The fourth-order valence-electron chi connectivity index (χ4n) is 4.50. The van der Waals surface area contributed by atoms with Crippen molar-refractivity contribution in [3.05, 3.63) is 70.8 Å². The Labute approximate surface area is 262 Å². The summed E-state index contributed by atoms with van der Waals surface area (Å²) in [6.45, 7) is 17.6. The number of esters is 1. The quantitative estimate of drug-likeness (QED) is 0.214. The Balaban J connectivity index is 2.59. The zero-order valence-electron chi connectivity index (χ0n) is 27.6. The molecule has 0 bridgehead atoms. The number of hydrogen-bond donors (Lipinski definition) is 2. The molecular formula is C35H47N3O6. The molecule has 0 aliphatic carbocycles. The average Bonchev–Trinajstić information content (AvgIpc) is 2.90. The number of carbonyl (C=O) groups excluding carboxylic acids is 4. The van der Waals surface area contributed by atoms with Crippen LogP contribution < -0.4 is 10.6 Å². The second kappa shape index (κ2) is 14.9. The number of nitrogens with one attached hydrogen (secondary N) is 2. The summed E-state index contributed by atoms with van der Waals surface area (Å²) in [4.78, 5) is 55.4. The number of benzene rings is 2. The van der Waals surface area contributed by atoms with Crippen LogP contribution in [0.3, 0.4) is 0 Å². The predicted molar refractivity (Wildman–Crippen MR) is 170 cm³/mol. The number of amides is 3. The van der Waals surface area contributed by atoms with Crippen molar-refractivity contribution in [1.29, 1.82) is 0 Å². The van der Waals surface area contributed by atoms with Gasteiger partial charge in [-0.1, -0.05) is 68.8 Å². The van der Waals surface area contributed by atoms with Crippen LogP contribution in [0.15, 0.2) is 48.5 Å². The minimum Gasteiger partial charge on any atom is -0.458 e. The van der Waals surface area contributed by atoms with Gasteiger partial charge in [0.15, 0.2) is 0 Å². The molecule has 0 aliphatic rings. The lowest BCUT2D eigenvalue weighted by Crippen LogP contribution is -2.55. The number of alkyl carbamates (subject to hydrolysis) is 1. The molecule has 0 saturated carbocycles. The molecule has 3 atom stereocenters. The number of ether oxygens (including phenoxy) is 2. The number of hydrogen-bond acceptors (Lipinski definition) is 6. The van der Waals surface area contributed by atoms with E-state index in [1.807, 2.05) is 50.2 Å². The van der Waals surface area contributed by atoms with E-state index in [2.05, 4.69) is 16.7 Å². The highest BCUT2D eigenvalue weighted by atomic mass is 16.6. The lowest BCUT2D eigenvalue weighted by atomic mass is 9.94. The standard InChI is InChI=1S/C35H47N3O6/c1-12-38(31(40)28(22(2)3)37-33(42)44-35(9,10)11)29(26-20-16-17-23(4)24(26)5)30(39)36-27(32(41)43-34(6,7)8)21-25-18-14-13-15-19-25/h1,13-20,22,27-29H,21H2,2-11H3,(H,36,39)(H,37,42). The first-order valence-corrected chi connectivity index (χ1v) is 14.8. The fourth-order valence-corrected chi connectivity index (χ4v) is 4.50. The van der Waals surface area contributed by atoms with Gasteiger partial charge in [-0.15, -0.1) is 0 Å². The van der Waals surface area contributed by atoms with E-state index in [0.717, 1.165) is 21.6 Å². The van der Waals surface area contributed by atoms with Gasteiger partial charge in [-0.3, -0.25) is 14.5 Å². The maximum atomic E-state index is 14.3. The third-order valence-corrected chi connectivity index (χ3v) is 6.72. The van der Waals surface area contributed by atoms with Gasteiger partial charge in [0, 0.05) is 12.5 Å². The number of carbonyl (C=O) groups is 4. The number of nitrogens with zero attached hydrogens (tertiary/aromatic N) is 1. The van der Waals surface area contributed by atoms with E-state index in [1.165, 1.54) is 0 Å². The maximum Gasteiger partial charge on any atom is 0.408 e. The summed E-state index contributed by atoms with van der Waals surface area (Å²) >= 11 is 0. The van der Waals surface area contributed by atoms with Crippen LogP contribution in [0, 0.1) is 32.2 Å². The molecule has 0 spiro atoms. The molecule has 44 heavy (non-hydrogen) atoms. The van der Waals surface area contributed by atoms with Crippen LogP contribution in [0.2, 0.25) is 0 Å². The van der Waals surface area contributed by atoms with E-state index in [4.69, 9.17) is 15.9 Å². The summed E-state index contributed by atoms with van der Waals surface area (Å²) in [6, 6.07) is 13.5. The Kier molecular flexibility index (Phi) is 12.2. The summed E-state index contributed by atoms with van der Waals surface area (Å²) in [7, 11) is 0. The van der Waals surface area contributed by atoms with Crippen LogP contribution in [0.5, 0.6) is 0 Å². The van der Waals surface area contributed by atoms with E-state index in [1.54, 1.807) is 67.5 Å². The summed E-state index contributed by atoms with van der Waals surface area (Å²) < 4.78 is 11.0. The smallest absolute Gasteiger partial charge is 0.408 e.